The maximum atomic E-state index is 12.6. The van der Waals surface area contributed by atoms with E-state index >= 15 is 0 Å². The van der Waals surface area contributed by atoms with Crippen LogP contribution in [0.3, 0.4) is 0 Å². The Hall–Kier alpha value is -3.38. The number of halogens is 1. The van der Waals surface area contributed by atoms with Crippen molar-refractivity contribution in [3.8, 4) is 5.75 Å². The van der Waals surface area contributed by atoms with E-state index < -0.39 is 0 Å². The number of rotatable bonds is 5. The van der Waals surface area contributed by atoms with Gasteiger partial charge < -0.3 is 15.4 Å². The maximum absolute atomic E-state index is 12.6. The zero-order valence-corrected chi connectivity index (χ0v) is 16.9. The number of amides is 1. The van der Waals surface area contributed by atoms with Crippen LogP contribution in [0.25, 0.3) is 0 Å². The van der Waals surface area contributed by atoms with Crippen LogP contribution in [0.15, 0.2) is 89.0 Å². The van der Waals surface area contributed by atoms with Crippen molar-refractivity contribution in [1.82, 2.24) is 0 Å². The minimum atomic E-state index is -0.355. The largest absolute Gasteiger partial charge is 0.489 e. The quantitative estimate of drug-likeness (QED) is 0.417. The number of hydrogen-bond donors (Lipinski definition) is 2. The molecule has 3 aromatic rings. The summed E-state index contributed by atoms with van der Waals surface area (Å²) in [4.78, 5) is 24.9. The van der Waals surface area contributed by atoms with Crippen LogP contribution in [0.4, 0.5) is 11.4 Å². The van der Waals surface area contributed by atoms with E-state index in [1.807, 2.05) is 42.5 Å². The third-order valence-electron chi connectivity index (χ3n) is 4.41. The first-order valence-electron chi connectivity index (χ1n) is 8.99. The fraction of sp³-hybridized carbons (Fsp3) is 0.0435. The molecule has 0 spiro atoms. The zero-order chi connectivity index (χ0) is 20.2. The first-order chi connectivity index (χ1) is 14.1. The number of ketones is 1. The van der Waals surface area contributed by atoms with Gasteiger partial charge in [0.05, 0.1) is 11.4 Å². The van der Waals surface area contributed by atoms with Crippen LogP contribution in [0, 0.1) is 0 Å². The summed E-state index contributed by atoms with van der Waals surface area (Å²) in [6, 6.07) is 22.2. The van der Waals surface area contributed by atoms with Crippen LogP contribution in [-0.2, 0) is 11.4 Å². The van der Waals surface area contributed by atoms with E-state index in [0.717, 1.165) is 15.7 Å². The number of fused-ring (bicyclic) bond motifs is 1. The molecule has 0 atom stereocenters. The number of carbonyl (C=O) groups excluding carboxylic acids is 2. The van der Waals surface area contributed by atoms with Crippen molar-refractivity contribution in [2.45, 2.75) is 6.61 Å². The summed E-state index contributed by atoms with van der Waals surface area (Å²) in [7, 11) is 0. The van der Waals surface area contributed by atoms with E-state index in [9.17, 15) is 9.59 Å². The Morgan fingerprint density at radius 3 is 2.45 bits per heavy atom. The molecule has 29 heavy (non-hydrogen) atoms. The molecule has 4 rings (SSSR count). The Morgan fingerprint density at radius 2 is 1.69 bits per heavy atom. The molecule has 144 valence electrons. The van der Waals surface area contributed by atoms with Gasteiger partial charge in [-0.05, 0) is 48.0 Å². The molecular formula is C23H17BrN2O3. The molecule has 1 aliphatic heterocycles. The van der Waals surface area contributed by atoms with Gasteiger partial charge in [-0.1, -0.05) is 46.3 Å². The molecule has 0 radical (unpaired) electrons. The Morgan fingerprint density at radius 1 is 0.931 bits per heavy atom. The summed E-state index contributed by atoms with van der Waals surface area (Å²) in [5, 5.41) is 5.78. The average Bonchev–Trinajstić information content (AvgIpc) is 2.74. The van der Waals surface area contributed by atoms with E-state index in [2.05, 4.69) is 26.6 Å². The molecule has 1 amide bonds. The van der Waals surface area contributed by atoms with Crippen molar-refractivity contribution in [3.63, 3.8) is 0 Å². The van der Waals surface area contributed by atoms with Crippen LogP contribution in [0.2, 0.25) is 0 Å². The number of nitrogens with one attached hydrogen (secondary N) is 2. The van der Waals surface area contributed by atoms with E-state index in [1.54, 1.807) is 30.3 Å². The lowest BCUT2D eigenvalue weighted by Crippen LogP contribution is -2.26. The van der Waals surface area contributed by atoms with Crippen molar-refractivity contribution < 1.29 is 14.3 Å². The molecule has 2 N–H and O–H groups in total. The van der Waals surface area contributed by atoms with Gasteiger partial charge in [0.15, 0.2) is 5.78 Å². The average molecular weight is 449 g/mol. The van der Waals surface area contributed by atoms with Gasteiger partial charge >= 0.3 is 0 Å². The first-order valence-corrected chi connectivity index (χ1v) is 9.78. The molecule has 5 nitrogen and oxygen atoms in total. The fourth-order valence-corrected chi connectivity index (χ4v) is 3.25. The Balaban J connectivity index is 1.44. The molecule has 0 aliphatic carbocycles. The van der Waals surface area contributed by atoms with E-state index in [-0.39, 0.29) is 17.4 Å². The monoisotopic (exact) mass is 448 g/mol. The van der Waals surface area contributed by atoms with Crippen molar-refractivity contribution in [2.24, 2.45) is 0 Å². The lowest BCUT2D eigenvalue weighted by atomic mass is 10.1. The lowest BCUT2D eigenvalue weighted by Gasteiger charge is -2.21. The molecule has 1 aliphatic rings. The predicted octanol–water partition coefficient (Wildman–Crippen LogP) is 5.16. The van der Waals surface area contributed by atoms with Crippen LogP contribution in [0.5, 0.6) is 5.75 Å². The van der Waals surface area contributed by atoms with Crippen LogP contribution in [-0.4, -0.2) is 11.7 Å². The van der Waals surface area contributed by atoms with E-state index in [1.165, 1.54) is 6.08 Å². The zero-order valence-electron chi connectivity index (χ0n) is 15.3. The highest BCUT2D eigenvalue weighted by molar-refractivity contribution is 9.10. The van der Waals surface area contributed by atoms with E-state index in [0.29, 0.717) is 23.6 Å². The number of hydrogen-bond acceptors (Lipinski definition) is 4. The minimum Gasteiger partial charge on any atom is -0.489 e. The molecule has 1 heterocycles. The van der Waals surface area contributed by atoms with Crippen molar-refractivity contribution in [2.75, 3.05) is 10.6 Å². The van der Waals surface area contributed by atoms with Crippen molar-refractivity contribution >= 4 is 39.0 Å². The predicted molar refractivity (Wildman–Crippen MR) is 116 cm³/mol. The summed E-state index contributed by atoms with van der Waals surface area (Å²) in [5.41, 5.74) is 3.14. The summed E-state index contributed by atoms with van der Waals surface area (Å²) in [6.07, 6.45) is 1.31. The number of ether oxygens (including phenoxy) is 1. The van der Waals surface area contributed by atoms with Crippen LogP contribution in [0.1, 0.15) is 15.9 Å². The minimum absolute atomic E-state index is 0.203. The molecule has 0 bridgehead atoms. The second-order valence-corrected chi connectivity index (χ2v) is 7.41. The molecule has 0 aromatic heterocycles. The van der Waals surface area contributed by atoms with Gasteiger partial charge in [-0.3, -0.25) is 9.59 Å². The molecular weight excluding hydrogens is 432 g/mol. The maximum Gasteiger partial charge on any atom is 0.272 e. The summed E-state index contributed by atoms with van der Waals surface area (Å²) in [6.45, 7) is 0.456. The topological polar surface area (TPSA) is 67.4 Å². The summed E-state index contributed by atoms with van der Waals surface area (Å²) < 4.78 is 6.59. The van der Waals surface area contributed by atoms with E-state index in [4.69, 9.17) is 4.74 Å². The molecule has 0 saturated carbocycles. The Kier molecular flexibility index (Phi) is 5.44. The highest BCUT2D eigenvalue weighted by Gasteiger charge is 2.21. The first kappa shape index (κ1) is 19.0. The highest BCUT2D eigenvalue weighted by Crippen LogP contribution is 2.30. The molecule has 0 fully saturated rings. The van der Waals surface area contributed by atoms with Gasteiger partial charge in [-0.25, -0.2) is 0 Å². The number of benzene rings is 3. The number of allylic oxidation sites excluding steroid dienone is 1. The second-order valence-electron chi connectivity index (χ2n) is 6.49. The third kappa shape index (κ3) is 4.55. The Bertz CT molecular complexity index is 1090. The van der Waals surface area contributed by atoms with Gasteiger partial charge in [0.25, 0.3) is 5.91 Å². The second kappa shape index (κ2) is 8.32. The number of carbonyl (C=O) groups is 2. The van der Waals surface area contributed by atoms with Gasteiger partial charge in [0.2, 0.25) is 0 Å². The highest BCUT2D eigenvalue weighted by atomic mass is 79.9. The van der Waals surface area contributed by atoms with Gasteiger partial charge in [-0.15, -0.1) is 0 Å². The van der Waals surface area contributed by atoms with Crippen molar-refractivity contribution in [3.05, 3.63) is 100 Å². The number of anilines is 2. The van der Waals surface area contributed by atoms with Crippen LogP contribution < -0.4 is 15.4 Å². The van der Waals surface area contributed by atoms with Crippen molar-refractivity contribution in [1.29, 1.82) is 0 Å². The smallest absolute Gasteiger partial charge is 0.272 e. The Labute approximate surface area is 176 Å². The normalized spacial score (nSPS) is 14.0. The fourth-order valence-electron chi connectivity index (χ4n) is 2.89. The molecule has 0 saturated heterocycles. The summed E-state index contributed by atoms with van der Waals surface area (Å²) in [5.74, 6) is 0.0516. The molecule has 0 unspecified atom stereocenters. The molecule has 3 aromatic carbocycles. The van der Waals surface area contributed by atoms with Gasteiger partial charge in [-0.2, -0.15) is 0 Å². The summed E-state index contributed by atoms with van der Waals surface area (Å²) >= 11 is 3.37. The van der Waals surface area contributed by atoms with Gasteiger partial charge in [0.1, 0.15) is 18.1 Å². The lowest BCUT2D eigenvalue weighted by molar-refractivity contribution is -0.112. The third-order valence-corrected chi connectivity index (χ3v) is 4.90. The van der Waals surface area contributed by atoms with Crippen LogP contribution >= 0.6 is 15.9 Å². The molecule has 6 heteroatoms. The standard InChI is InChI=1S/C23H17BrN2O3/c24-17-8-11-19-20(12-17)26-23(28)21(25-19)13-22(27)16-6-9-18(10-7-16)29-14-15-4-2-1-3-5-15/h1-13,25H,14H2,(H,26,28)/b21-13-. The van der Waals surface area contributed by atoms with Gasteiger partial charge in [0, 0.05) is 16.1 Å². The SMILES string of the molecule is O=C1Nc2cc(Br)ccc2N/C1=C\C(=O)c1ccc(OCc2ccccc2)cc1.